The summed E-state index contributed by atoms with van der Waals surface area (Å²) in [6.07, 6.45) is 3.47. The van der Waals surface area contributed by atoms with Gasteiger partial charge in [0.1, 0.15) is 0 Å². The zero-order chi connectivity index (χ0) is 17.8. The standard InChI is InChI=1S/C17H19Cl2N5O/c1-12(16(25)22-15-11-13(18)3-4-14(15)19)23-7-9-24(10-8-23)17-20-5-2-6-21-17/h2-6,11-12H,7-10H2,1H3,(H,22,25)/t12-/m1/s1. The van der Waals surface area contributed by atoms with E-state index in [9.17, 15) is 4.79 Å². The number of halogens is 2. The third kappa shape index (κ3) is 4.39. The van der Waals surface area contributed by atoms with Crippen LogP contribution in [0, 0.1) is 0 Å². The van der Waals surface area contributed by atoms with Gasteiger partial charge in [-0.25, -0.2) is 9.97 Å². The highest BCUT2D eigenvalue weighted by molar-refractivity contribution is 6.35. The molecule has 0 bridgehead atoms. The molecule has 0 saturated carbocycles. The van der Waals surface area contributed by atoms with Crippen LogP contribution in [0.1, 0.15) is 6.92 Å². The van der Waals surface area contributed by atoms with E-state index in [4.69, 9.17) is 23.2 Å². The van der Waals surface area contributed by atoms with Crippen LogP contribution in [0.5, 0.6) is 0 Å². The zero-order valence-electron chi connectivity index (χ0n) is 13.8. The van der Waals surface area contributed by atoms with Crippen LogP contribution in [0.25, 0.3) is 0 Å². The maximum atomic E-state index is 12.5. The summed E-state index contributed by atoms with van der Waals surface area (Å²) in [7, 11) is 0. The van der Waals surface area contributed by atoms with Crippen LogP contribution in [0.4, 0.5) is 11.6 Å². The number of carbonyl (C=O) groups excluding carboxylic acids is 1. The Morgan fingerprint density at radius 1 is 1.16 bits per heavy atom. The van der Waals surface area contributed by atoms with Crippen molar-refractivity contribution in [2.24, 2.45) is 0 Å². The van der Waals surface area contributed by atoms with Gasteiger partial charge in [0.05, 0.1) is 16.8 Å². The van der Waals surface area contributed by atoms with Gasteiger partial charge in [-0.1, -0.05) is 23.2 Å². The van der Waals surface area contributed by atoms with Crippen molar-refractivity contribution in [2.45, 2.75) is 13.0 Å². The van der Waals surface area contributed by atoms with E-state index in [0.29, 0.717) is 15.7 Å². The van der Waals surface area contributed by atoms with E-state index in [1.165, 1.54) is 0 Å². The summed E-state index contributed by atoms with van der Waals surface area (Å²) in [5.74, 6) is 0.624. The molecule has 1 fully saturated rings. The predicted octanol–water partition coefficient (Wildman–Crippen LogP) is 2.93. The Kier molecular flexibility index (Phi) is 5.73. The van der Waals surface area contributed by atoms with Crippen LogP contribution >= 0.6 is 23.2 Å². The minimum Gasteiger partial charge on any atom is -0.338 e. The van der Waals surface area contributed by atoms with Crippen molar-refractivity contribution in [1.82, 2.24) is 14.9 Å². The number of rotatable bonds is 4. The smallest absolute Gasteiger partial charge is 0.241 e. The zero-order valence-corrected chi connectivity index (χ0v) is 15.3. The Hall–Kier alpha value is -1.89. The molecular formula is C17H19Cl2N5O. The molecular weight excluding hydrogens is 361 g/mol. The first-order valence-corrected chi connectivity index (χ1v) is 8.82. The largest absolute Gasteiger partial charge is 0.338 e. The quantitative estimate of drug-likeness (QED) is 0.884. The SMILES string of the molecule is C[C@H](C(=O)Nc1cc(Cl)ccc1Cl)N1CCN(c2ncccn2)CC1. The molecule has 1 amide bonds. The van der Waals surface area contributed by atoms with Crippen LogP contribution in [0.3, 0.4) is 0 Å². The van der Waals surface area contributed by atoms with Crippen molar-refractivity contribution in [1.29, 1.82) is 0 Å². The van der Waals surface area contributed by atoms with E-state index in [1.807, 2.05) is 6.92 Å². The Morgan fingerprint density at radius 3 is 2.52 bits per heavy atom. The lowest BCUT2D eigenvalue weighted by atomic mass is 10.2. The highest BCUT2D eigenvalue weighted by Gasteiger charge is 2.26. The molecule has 25 heavy (non-hydrogen) atoms. The van der Waals surface area contributed by atoms with E-state index in [0.717, 1.165) is 32.1 Å². The molecule has 3 rings (SSSR count). The molecule has 8 heteroatoms. The molecule has 1 aromatic heterocycles. The van der Waals surface area contributed by atoms with Gasteiger partial charge in [0.2, 0.25) is 11.9 Å². The van der Waals surface area contributed by atoms with Gasteiger partial charge in [0.15, 0.2) is 0 Å². The first-order valence-electron chi connectivity index (χ1n) is 8.06. The topological polar surface area (TPSA) is 61.4 Å². The number of carbonyl (C=O) groups is 1. The molecule has 1 atom stereocenters. The fourth-order valence-electron chi connectivity index (χ4n) is 2.76. The first-order chi connectivity index (χ1) is 12.0. The van der Waals surface area contributed by atoms with Gasteiger partial charge in [0, 0.05) is 43.6 Å². The lowest BCUT2D eigenvalue weighted by Crippen LogP contribution is -2.53. The number of piperazine rings is 1. The van der Waals surface area contributed by atoms with Gasteiger partial charge in [-0.15, -0.1) is 0 Å². The number of nitrogens with one attached hydrogen (secondary N) is 1. The number of aromatic nitrogens is 2. The number of benzene rings is 1. The van der Waals surface area contributed by atoms with Gasteiger partial charge in [-0.2, -0.15) is 0 Å². The molecule has 1 aliphatic heterocycles. The number of nitrogens with zero attached hydrogens (tertiary/aromatic N) is 4. The van der Waals surface area contributed by atoms with Crippen molar-refractivity contribution in [3.05, 3.63) is 46.7 Å². The van der Waals surface area contributed by atoms with Crippen LogP contribution in [0.15, 0.2) is 36.7 Å². The van der Waals surface area contributed by atoms with E-state index >= 15 is 0 Å². The van der Waals surface area contributed by atoms with Gasteiger partial charge in [0.25, 0.3) is 0 Å². The summed E-state index contributed by atoms with van der Waals surface area (Å²) in [5, 5.41) is 3.86. The second kappa shape index (κ2) is 7.99. The maximum Gasteiger partial charge on any atom is 0.241 e. The average molecular weight is 380 g/mol. The van der Waals surface area contributed by atoms with Crippen LogP contribution in [0.2, 0.25) is 10.0 Å². The van der Waals surface area contributed by atoms with Crippen LogP contribution < -0.4 is 10.2 Å². The Bertz CT molecular complexity index is 735. The molecule has 2 heterocycles. The van der Waals surface area contributed by atoms with Gasteiger partial charge in [-0.3, -0.25) is 9.69 Å². The number of amides is 1. The molecule has 0 spiro atoms. The molecule has 6 nitrogen and oxygen atoms in total. The molecule has 1 aliphatic rings. The van der Waals surface area contributed by atoms with Crippen LogP contribution in [-0.2, 0) is 4.79 Å². The van der Waals surface area contributed by atoms with E-state index < -0.39 is 0 Å². The van der Waals surface area contributed by atoms with Crippen molar-refractivity contribution >= 4 is 40.7 Å². The highest BCUT2D eigenvalue weighted by Crippen LogP contribution is 2.25. The molecule has 1 N–H and O–H groups in total. The number of hydrogen-bond acceptors (Lipinski definition) is 5. The summed E-state index contributed by atoms with van der Waals surface area (Å²) < 4.78 is 0. The fraction of sp³-hybridized carbons (Fsp3) is 0.353. The molecule has 2 aromatic rings. The van der Waals surface area contributed by atoms with Gasteiger partial charge >= 0.3 is 0 Å². The Morgan fingerprint density at radius 2 is 1.84 bits per heavy atom. The lowest BCUT2D eigenvalue weighted by Gasteiger charge is -2.37. The van der Waals surface area contributed by atoms with Gasteiger partial charge in [-0.05, 0) is 31.2 Å². The minimum absolute atomic E-state index is 0.103. The van der Waals surface area contributed by atoms with E-state index in [-0.39, 0.29) is 11.9 Å². The van der Waals surface area contributed by atoms with Crippen LogP contribution in [-0.4, -0.2) is 53.0 Å². The summed E-state index contributed by atoms with van der Waals surface area (Å²) in [5.41, 5.74) is 0.530. The average Bonchev–Trinajstić information content (AvgIpc) is 2.65. The molecule has 1 aromatic carbocycles. The third-order valence-corrected chi connectivity index (χ3v) is 4.83. The molecule has 0 aliphatic carbocycles. The second-order valence-corrected chi connectivity index (χ2v) is 6.70. The van der Waals surface area contributed by atoms with E-state index in [1.54, 1.807) is 36.7 Å². The minimum atomic E-state index is -0.270. The second-order valence-electron chi connectivity index (χ2n) is 5.86. The molecule has 1 saturated heterocycles. The Balaban J connectivity index is 1.57. The normalized spacial score (nSPS) is 16.5. The van der Waals surface area contributed by atoms with Crippen molar-refractivity contribution in [3.63, 3.8) is 0 Å². The summed E-state index contributed by atoms with van der Waals surface area (Å²) >= 11 is 12.1. The van der Waals surface area contributed by atoms with Gasteiger partial charge < -0.3 is 10.2 Å². The summed E-state index contributed by atoms with van der Waals surface area (Å²) in [6.45, 7) is 4.97. The van der Waals surface area contributed by atoms with Crippen molar-refractivity contribution in [2.75, 3.05) is 36.4 Å². The van der Waals surface area contributed by atoms with Crippen molar-refractivity contribution in [3.8, 4) is 0 Å². The number of hydrogen-bond donors (Lipinski definition) is 1. The molecule has 0 radical (unpaired) electrons. The Labute approximate surface area is 156 Å². The third-order valence-electron chi connectivity index (χ3n) is 4.26. The first kappa shape index (κ1) is 17.9. The number of anilines is 2. The van der Waals surface area contributed by atoms with E-state index in [2.05, 4.69) is 25.1 Å². The fourth-order valence-corrected chi connectivity index (χ4v) is 3.10. The maximum absolute atomic E-state index is 12.5. The molecule has 132 valence electrons. The summed E-state index contributed by atoms with van der Waals surface area (Å²) in [6, 6.07) is 6.54. The monoisotopic (exact) mass is 379 g/mol. The predicted molar refractivity (Wildman–Crippen MR) is 100 cm³/mol. The van der Waals surface area contributed by atoms with Crippen molar-refractivity contribution < 1.29 is 4.79 Å². The highest BCUT2D eigenvalue weighted by atomic mass is 35.5. The molecule has 0 unspecified atom stereocenters. The lowest BCUT2D eigenvalue weighted by molar-refractivity contribution is -0.120. The summed E-state index contributed by atoms with van der Waals surface area (Å²) in [4.78, 5) is 25.3.